The SMILES string of the molecule is Cc1nc(CC(=O)NC(C)c2ccccc2)sc1C(=O)NCC(C)C. The molecule has 0 saturated carbocycles. The summed E-state index contributed by atoms with van der Waals surface area (Å²) in [6.45, 7) is 8.47. The van der Waals surface area contributed by atoms with Crippen molar-refractivity contribution in [1.29, 1.82) is 0 Å². The quantitative estimate of drug-likeness (QED) is 0.797. The molecule has 0 aliphatic heterocycles. The molecule has 2 amide bonds. The average molecular weight is 359 g/mol. The Bertz CT molecular complexity index is 726. The number of benzene rings is 1. The molecular weight excluding hydrogens is 334 g/mol. The van der Waals surface area contributed by atoms with Crippen LogP contribution in [0.5, 0.6) is 0 Å². The summed E-state index contributed by atoms with van der Waals surface area (Å²) in [4.78, 5) is 29.4. The fraction of sp³-hybridized carbons (Fsp3) is 0.421. The van der Waals surface area contributed by atoms with Gasteiger partial charge in [-0.25, -0.2) is 4.98 Å². The lowest BCUT2D eigenvalue weighted by Gasteiger charge is -2.13. The number of nitrogens with zero attached hydrogens (tertiary/aromatic N) is 1. The van der Waals surface area contributed by atoms with Crippen LogP contribution in [-0.4, -0.2) is 23.3 Å². The summed E-state index contributed by atoms with van der Waals surface area (Å²) in [5.74, 6) is 0.175. The van der Waals surface area contributed by atoms with E-state index in [0.29, 0.717) is 28.0 Å². The Morgan fingerprint density at radius 3 is 2.48 bits per heavy atom. The second-order valence-electron chi connectivity index (χ2n) is 6.50. The Kier molecular flexibility index (Phi) is 6.70. The molecule has 1 atom stereocenters. The zero-order valence-electron chi connectivity index (χ0n) is 15.1. The third-order valence-corrected chi connectivity index (χ3v) is 4.86. The van der Waals surface area contributed by atoms with Gasteiger partial charge in [-0.05, 0) is 25.3 Å². The summed E-state index contributed by atoms with van der Waals surface area (Å²) >= 11 is 1.29. The Morgan fingerprint density at radius 2 is 1.84 bits per heavy atom. The summed E-state index contributed by atoms with van der Waals surface area (Å²) in [5.41, 5.74) is 1.73. The number of aryl methyl sites for hydroxylation is 1. The highest BCUT2D eigenvalue weighted by atomic mass is 32.1. The topological polar surface area (TPSA) is 71.1 Å². The average Bonchev–Trinajstić information content (AvgIpc) is 2.93. The number of hydrogen-bond donors (Lipinski definition) is 2. The molecule has 2 N–H and O–H groups in total. The molecule has 0 saturated heterocycles. The highest BCUT2D eigenvalue weighted by molar-refractivity contribution is 7.13. The smallest absolute Gasteiger partial charge is 0.263 e. The highest BCUT2D eigenvalue weighted by Gasteiger charge is 2.18. The molecule has 0 radical (unpaired) electrons. The number of amides is 2. The molecule has 2 aromatic rings. The molecular formula is C19H25N3O2S. The van der Waals surface area contributed by atoms with Crippen molar-refractivity contribution in [2.24, 2.45) is 5.92 Å². The molecule has 0 bridgehead atoms. The van der Waals surface area contributed by atoms with Crippen LogP contribution in [0.15, 0.2) is 30.3 Å². The summed E-state index contributed by atoms with van der Waals surface area (Å²) < 4.78 is 0. The molecule has 1 aromatic heterocycles. The van der Waals surface area contributed by atoms with Crippen LogP contribution in [-0.2, 0) is 11.2 Å². The van der Waals surface area contributed by atoms with E-state index in [2.05, 4.69) is 15.6 Å². The minimum atomic E-state index is -0.118. The van der Waals surface area contributed by atoms with E-state index in [1.165, 1.54) is 11.3 Å². The lowest BCUT2D eigenvalue weighted by Crippen LogP contribution is -2.28. The molecule has 1 heterocycles. The van der Waals surface area contributed by atoms with Crippen molar-refractivity contribution in [3.63, 3.8) is 0 Å². The van der Waals surface area contributed by atoms with Crippen molar-refractivity contribution >= 4 is 23.2 Å². The van der Waals surface area contributed by atoms with Crippen molar-refractivity contribution in [1.82, 2.24) is 15.6 Å². The summed E-state index contributed by atoms with van der Waals surface area (Å²) in [7, 11) is 0. The maximum atomic E-state index is 12.3. The predicted molar refractivity (Wildman–Crippen MR) is 101 cm³/mol. The van der Waals surface area contributed by atoms with E-state index in [-0.39, 0.29) is 24.3 Å². The van der Waals surface area contributed by atoms with Gasteiger partial charge in [0, 0.05) is 6.54 Å². The van der Waals surface area contributed by atoms with E-state index in [4.69, 9.17) is 0 Å². The summed E-state index contributed by atoms with van der Waals surface area (Å²) in [5, 5.41) is 6.52. The largest absolute Gasteiger partial charge is 0.351 e. The Balaban J connectivity index is 1.95. The van der Waals surface area contributed by atoms with Crippen LogP contribution in [0.1, 0.15) is 52.7 Å². The van der Waals surface area contributed by atoms with Gasteiger partial charge >= 0.3 is 0 Å². The van der Waals surface area contributed by atoms with Gasteiger partial charge in [0.2, 0.25) is 5.91 Å². The van der Waals surface area contributed by atoms with Gasteiger partial charge in [-0.2, -0.15) is 0 Å². The van der Waals surface area contributed by atoms with E-state index in [1.54, 1.807) is 6.92 Å². The molecule has 25 heavy (non-hydrogen) atoms. The first-order valence-electron chi connectivity index (χ1n) is 8.45. The van der Waals surface area contributed by atoms with Crippen molar-refractivity contribution in [3.8, 4) is 0 Å². The number of thiazole rings is 1. The van der Waals surface area contributed by atoms with Crippen LogP contribution in [0.2, 0.25) is 0 Å². The summed E-state index contributed by atoms with van der Waals surface area (Å²) in [6.07, 6.45) is 0.181. The van der Waals surface area contributed by atoms with E-state index >= 15 is 0 Å². The fourth-order valence-corrected chi connectivity index (χ4v) is 3.35. The standard InChI is InChI=1S/C19H25N3O2S/c1-12(2)11-20-19(24)18-14(4)22-17(25-18)10-16(23)21-13(3)15-8-6-5-7-9-15/h5-9,12-13H,10-11H2,1-4H3,(H,20,24)(H,21,23). The zero-order chi connectivity index (χ0) is 18.4. The highest BCUT2D eigenvalue weighted by Crippen LogP contribution is 2.19. The van der Waals surface area contributed by atoms with Crippen LogP contribution in [0.25, 0.3) is 0 Å². The van der Waals surface area contributed by atoms with Crippen LogP contribution in [0.4, 0.5) is 0 Å². The van der Waals surface area contributed by atoms with Crippen molar-refractivity contribution < 1.29 is 9.59 Å². The van der Waals surface area contributed by atoms with Gasteiger partial charge in [0.05, 0.1) is 18.2 Å². The third-order valence-electron chi connectivity index (χ3n) is 3.71. The van der Waals surface area contributed by atoms with Crippen LogP contribution >= 0.6 is 11.3 Å². The Labute approximate surface area is 152 Å². The van der Waals surface area contributed by atoms with Gasteiger partial charge < -0.3 is 10.6 Å². The fourth-order valence-electron chi connectivity index (χ4n) is 2.37. The van der Waals surface area contributed by atoms with Crippen molar-refractivity contribution in [2.75, 3.05) is 6.54 Å². The first-order chi connectivity index (χ1) is 11.9. The first kappa shape index (κ1) is 19.1. The van der Waals surface area contributed by atoms with Gasteiger partial charge in [-0.1, -0.05) is 44.2 Å². The molecule has 5 nitrogen and oxygen atoms in total. The third kappa shape index (κ3) is 5.67. The molecule has 0 spiro atoms. The second kappa shape index (κ2) is 8.76. The molecule has 134 valence electrons. The number of carbonyl (C=O) groups is 2. The second-order valence-corrected chi connectivity index (χ2v) is 7.59. The number of rotatable bonds is 7. The van der Waals surface area contributed by atoms with Crippen LogP contribution < -0.4 is 10.6 Å². The lowest BCUT2D eigenvalue weighted by atomic mass is 10.1. The van der Waals surface area contributed by atoms with Gasteiger partial charge in [0.1, 0.15) is 9.88 Å². The molecule has 0 fully saturated rings. The van der Waals surface area contributed by atoms with Crippen molar-refractivity contribution in [2.45, 2.75) is 40.2 Å². The van der Waals surface area contributed by atoms with Gasteiger partial charge in [0.25, 0.3) is 5.91 Å². The molecule has 2 rings (SSSR count). The van der Waals surface area contributed by atoms with Crippen LogP contribution in [0, 0.1) is 12.8 Å². The Hall–Kier alpha value is -2.21. The van der Waals surface area contributed by atoms with Gasteiger partial charge in [-0.3, -0.25) is 9.59 Å². The molecule has 1 aromatic carbocycles. The van der Waals surface area contributed by atoms with Crippen molar-refractivity contribution in [3.05, 3.63) is 51.5 Å². The maximum Gasteiger partial charge on any atom is 0.263 e. The number of aromatic nitrogens is 1. The van der Waals surface area contributed by atoms with E-state index < -0.39 is 0 Å². The monoisotopic (exact) mass is 359 g/mol. The van der Waals surface area contributed by atoms with Gasteiger partial charge in [-0.15, -0.1) is 11.3 Å². The summed E-state index contributed by atoms with van der Waals surface area (Å²) in [6, 6.07) is 9.74. The van der Waals surface area contributed by atoms with E-state index in [9.17, 15) is 9.59 Å². The first-order valence-corrected chi connectivity index (χ1v) is 9.27. The normalized spacial score (nSPS) is 12.0. The molecule has 0 aliphatic rings. The minimum absolute atomic E-state index is 0.0661. The molecule has 0 aliphatic carbocycles. The van der Waals surface area contributed by atoms with E-state index in [1.807, 2.05) is 51.1 Å². The predicted octanol–water partition coefficient (Wildman–Crippen LogP) is 3.26. The maximum absolute atomic E-state index is 12.3. The van der Waals surface area contributed by atoms with Gasteiger partial charge in [0.15, 0.2) is 0 Å². The zero-order valence-corrected chi connectivity index (χ0v) is 15.9. The number of nitrogens with one attached hydrogen (secondary N) is 2. The lowest BCUT2D eigenvalue weighted by molar-refractivity contribution is -0.121. The number of hydrogen-bond acceptors (Lipinski definition) is 4. The minimum Gasteiger partial charge on any atom is -0.351 e. The molecule has 1 unspecified atom stereocenters. The van der Waals surface area contributed by atoms with E-state index in [0.717, 1.165) is 5.56 Å². The Morgan fingerprint density at radius 1 is 1.16 bits per heavy atom. The van der Waals surface area contributed by atoms with Crippen LogP contribution in [0.3, 0.4) is 0 Å². The molecule has 6 heteroatoms. The number of carbonyl (C=O) groups excluding carboxylic acids is 2.